The van der Waals surface area contributed by atoms with Gasteiger partial charge in [0.2, 0.25) is 5.82 Å². The first-order valence-electron chi connectivity index (χ1n) is 11.2. The van der Waals surface area contributed by atoms with Crippen LogP contribution >= 0.6 is 0 Å². The van der Waals surface area contributed by atoms with Crippen molar-refractivity contribution in [2.45, 2.75) is 52.0 Å². The standard InChI is InChI=1S/C25H25F2N7/c1-3-5-11-22-28-24(25(26,27)16-6-4-2)31-34(22)17-18-12-14-19(15-13-18)20-9-7-8-10-21(20)23-29-32-33-30-23/h7-10,12-15H,4,6,11,16-17H2,1-2H3,(H,29,30,32,33). The third-order valence-corrected chi connectivity index (χ3v) is 5.47. The van der Waals surface area contributed by atoms with Gasteiger partial charge >= 0.3 is 5.92 Å². The number of hydrogen-bond acceptors (Lipinski definition) is 5. The van der Waals surface area contributed by atoms with Gasteiger partial charge in [-0.15, -0.1) is 16.1 Å². The minimum Gasteiger partial charge on any atom is -0.244 e. The van der Waals surface area contributed by atoms with Crippen LogP contribution in [-0.2, 0) is 18.9 Å². The van der Waals surface area contributed by atoms with E-state index in [9.17, 15) is 8.78 Å². The number of alkyl halides is 2. The molecule has 4 aromatic rings. The minimum atomic E-state index is -3.06. The van der Waals surface area contributed by atoms with Gasteiger partial charge in [-0.05, 0) is 40.5 Å². The van der Waals surface area contributed by atoms with Crippen LogP contribution in [0.3, 0.4) is 0 Å². The lowest BCUT2D eigenvalue weighted by Gasteiger charge is -2.11. The first-order valence-corrected chi connectivity index (χ1v) is 11.2. The predicted octanol–water partition coefficient (Wildman–Crippen LogP) is 5.02. The summed E-state index contributed by atoms with van der Waals surface area (Å²) in [6.45, 7) is 3.92. The van der Waals surface area contributed by atoms with Crippen molar-refractivity contribution in [2.24, 2.45) is 0 Å². The van der Waals surface area contributed by atoms with Gasteiger partial charge in [-0.1, -0.05) is 67.8 Å². The Morgan fingerprint density at radius 3 is 2.50 bits per heavy atom. The molecule has 0 atom stereocenters. The Morgan fingerprint density at radius 2 is 1.82 bits per heavy atom. The number of unbranched alkanes of at least 4 members (excludes halogenated alkanes) is 1. The second-order valence-corrected chi connectivity index (χ2v) is 7.91. The molecule has 0 spiro atoms. The Bertz CT molecular complexity index is 1280. The zero-order valence-corrected chi connectivity index (χ0v) is 19.1. The number of aromatic amines is 1. The first-order chi connectivity index (χ1) is 16.5. The third kappa shape index (κ3) is 5.17. The number of hydrogen-bond donors (Lipinski definition) is 1. The number of nitrogens with one attached hydrogen (secondary N) is 1. The molecule has 0 aliphatic carbocycles. The average molecular weight is 462 g/mol. The van der Waals surface area contributed by atoms with Gasteiger partial charge in [-0.3, -0.25) is 0 Å². The first kappa shape index (κ1) is 23.2. The largest absolute Gasteiger partial charge is 0.308 e. The Kier molecular flexibility index (Phi) is 7.07. The molecule has 0 aliphatic heterocycles. The monoisotopic (exact) mass is 461 g/mol. The average Bonchev–Trinajstić information content (AvgIpc) is 3.53. The summed E-state index contributed by atoms with van der Waals surface area (Å²) < 4.78 is 30.7. The van der Waals surface area contributed by atoms with Crippen molar-refractivity contribution in [1.82, 2.24) is 35.4 Å². The van der Waals surface area contributed by atoms with Gasteiger partial charge in [0.1, 0.15) is 5.82 Å². The van der Waals surface area contributed by atoms with E-state index < -0.39 is 11.7 Å². The van der Waals surface area contributed by atoms with Crippen molar-refractivity contribution in [3.63, 3.8) is 0 Å². The number of nitrogens with zero attached hydrogens (tertiary/aromatic N) is 6. The summed E-state index contributed by atoms with van der Waals surface area (Å²) in [5.41, 5.74) is 3.76. The van der Waals surface area contributed by atoms with Gasteiger partial charge in [0.25, 0.3) is 0 Å². The maximum absolute atomic E-state index is 14.6. The molecule has 174 valence electrons. The molecule has 0 amide bonds. The van der Waals surface area contributed by atoms with Crippen LogP contribution in [0.25, 0.3) is 22.5 Å². The van der Waals surface area contributed by atoms with Crippen LogP contribution in [0.4, 0.5) is 8.78 Å². The number of halogens is 2. The van der Waals surface area contributed by atoms with Crippen LogP contribution in [0, 0.1) is 11.8 Å². The molecule has 0 aliphatic rings. The molecule has 4 rings (SSSR count). The van der Waals surface area contributed by atoms with E-state index in [0.29, 0.717) is 31.0 Å². The van der Waals surface area contributed by atoms with Crippen molar-refractivity contribution in [3.8, 4) is 34.4 Å². The van der Waals surface area contributed by atoms with E-state index in [4.69, 9.17) is 0 Å². The molecule has 0 saturated carbocycles. The number of H-pyrrole nitrogens is 1. The van der Waals surface area contributed by atoms with Gasteiger partial charge in [-0.2, -0.15) is 8.78 Å². The smallest absolute Gasteiger partial charge is 0.244 e. The number of benzene rings is 2. The van der Waals surface area contributed by atoms with Gasteiger partial charge in [0.15, 0.2) is 5.82 Å². The lowest BCUT2D eigenvalue weighted by atomic mass is 9.98. The fourth-order valence-corrected chi connectivity index (χ4v) is 3.64. The third-order valence-electron chi connectivity index (χ3n) is 5.47. The summed E-state index contributed by atoms with van der Waals surface area (Å²) in [6, 6.07) is 15.7. The number of tetrazole rings is 1. The van der Waals surface area contributed by atoms with Crippen LogP contribution in [0.15, 0.2) is 48.5 Å². The van der Waals surface area contributed by atoms with E-state index in [1.807, 2.05) is 55.5 Å². The van der Waals surface area contributed by atoms with Crippen molar-refractivity contribution in [3.05, 3.63) is 65.7 Å². The molecular weight excluding hydrogens is 436 g/mol. The summed E-state index contributed by atoms with van der Waals surface area (Å²) in [4.78, 5) is 4.15. The molecular formula is C25H25F2N7. The second-order valence-electron chi connectivity index (χ2n) is 7.91. The Labute approximate surface area is 196 Å². The predicted molar refractivity (Wildman–Crippen MR) is 125 cm³/mol. The molecule has 2 aromatic carbocycles. The lowest BCUT2D eigenvalue weighted by Crippen LogP contribution is -2.16. The van der Waals surface area contributed by atoms with Crippen LogP contribution in [0.2, 0.25) is 0 Å². The topological polar surface area (TPSA) is 85.2 Å². The summed E-state index contributed by atoms with van der Waals surface area (Å²) in [6.07, 6.45) is 1.11. The highest BCUT2D eigenvalue weighted by atomic mass is 19.3. The lowest BCUT2D eigenvalue weighted by molar-refractivity contribution is -0.0245. The van der Waals surface area contributed by atoms with Gasteiger partial charge in [0, 0.05) is 12.0 Å². The molecule has 2 aromatic heterocycles. The normalized spacial score (nSPS) is 11.3. The minimum absolute atomic E-state index is 0.263. The zero-order chi connectivity index (χ0) is 24.0. The molecule has 0 bridgehead atoms. The summed E-state index contributed by atoms with van der Waals surface area (Å²) in [7, 11) is 0. The summed E-state index contributed by atoms with van der Waals surface area (Å²) in [5, 5.41) is 18.3. The molecule has 9 heteroatoms. The van der Waals surface area contributed by atoms with E-state index in [1.54, 1.807) is 6.92 Å². The molecule has 0 saturated heterocycles. The van der Waals surface area contributed by atoms with E-state index in [1.165, 1.54) is 4.68 Å². The fourth-order valence-electron chi connectivity index (χ4n) is 3.64. The van der Waals surface area contributed by atoms with Gasteiger partial charge in [-0.25, -0.2) is 14.8 Å². The van der Waals surface area contributed by atoms with Crippen molar-refractivity contribution >= 4 is 0 Å². The maximum atomic E-state index is 14.6. The SMILES string of the molecule is CC#CCc1nc(C(F)(F)CCCC)nn1Cc1ccc(-c2ccccc2-c2nnn[nH]2)cc1. The quantitative estimate of drug-likeness (QED) is 0.354. The molecule has 7 nitrogen and oxygen atoms in total. The molecule has 0 unspecified atom stereocenters. The highest BCUT2D eigenvalue weighted by Crippen LogP contribution is 2.32. The van der Waals surface area contributed by atoms with Crippen LogP contribution in [-0.4, -0.2) is 35.4 Å². The van der Waals surface area contributed by atoms with Crippen LogP contribution < -0.4 is 0 Å². The van der Waals surface area contributed by atoms with Crippen molar-refractivity contribution < 1.29 is 8.78 Å². The fraction of sp³-hybridized carbons (Fsp3) is 0.320. The number of rotatable bonds is 9. The van der Waals surface area contributed by atoms with E-state index in [2.05, 4.69) is 42.5 Å². The Hall–Kier alpha value is -3.93. The zero-order valence-electron chi connectivity index (χ0n) is 19.1. The Morgan fingerprint density at radius 1 is 1.06 bits per heavy atom. The maximum Gasteiger partial charge on any atom is 0.308 e. The summed E-state index contributed by atoms with van der Waals surface area (Å²) >= 11 is 0. The molecule has 1 N–H and O–H groups in total. The van der Waals surface area contributed by atoms with Gasteiger partial charge in [0.05, 0.1) is 13.0 Å². The molecule has 34 heavy (non-hydrogen) atoms. The highest BCUT2D eigenvalue weighted by Gasteiger charge is 2.36. The van der Waals surface area contributed by atoms with Crippen molar-refractivity contribution in [2.75, 3.05) is 0 Å². The van der Waals surface area contributed by atoms with Crippen LogP contribution in [0.1, 0.15) is 50.3 Å². The van der Waals surface area contributed by atoms with E-state index in [0.717, 1.165) is 22.3 Å². The van der Waals surface area contributed by atoms with Crippen molar-refractivity contribution in [1.29, 1.82) is 0 Å². The highest BCUT2D eigenvalue weighted by molar-refractivity contribution is 5.80. The van der Waals surface area contributed by atoms with Gasteiger partial charge < -0.3 is 0 Å². The Balaban J connectivity index is 1.60. The van der Waals surface area contributed by atoms with Crippen LogP contribution in [0.5, 0.6) is 0 Å². The second kappa shape index (κ2) is 10.3. The van der Waals surface area contributed by atoms with E-state index >= 15 is 0 Å². The summed E-state index contributed by atoms with van der Waals surface area (Å²) in [5.74, 6) is 3.24. The number of aromatic nitrogens is 7. The van der Waals surface area contributed by atoms with E-state index in [-0.39, 0.29) is 12.8 Å². The molecule has 0 fully saturated rings. The molecule has 0 radical (unpaired) electrons. The molecule has 2 heterocycles.